The molecule has 0 aliphatic carbocycles. The van der Waals surface area contributed by atoms with Gasteiger partial charge in [-0.2, -0.15) is 0 Å². The van der Waals surface area contributed by atoms with Gasteiger partial charge in [-0.05, 0) is 29.3 Å². The summed E-state index contributed by atoms with van der Waals surface area (Å²) in [5, 5.41) is 0. The maximum atomic E-state index is 11.7. The second-order valence-electron chi connectivity index (χ2n) is 4.43. The van der Waals surface area contributed by atoms with Gasteiger partial charge in [0.25, 0.3) is 0 Å². The minimum absolute atomic E-state index is 0.107. The van der Waals surface area contributed by atoms with E-state index >= 15 is 0 Å². The highest BCUT2D eigenvalue weighted by Crippen LogP contribution is 2.22. The Morgan fingerprint density at radius 3 is 2.05 bits per heavy atom. The first kappa shape index (κ1) is 14.0. The molecule has 0 atom stereocenters. The molecule has 0 aliphatic heterocycles. The van der Waals surface area contributed by atoms with E-state index in [4.69, 9.17) is 4.74 Å². The van der Waals surface area contributed by atoms with Gasteiger partial charge in [-0.15, -0.1) is 0 Å². The number of methoxy groups -OCH3 is 1. The summed E-state index contributed by atoms with van der Waals surface area (Å²) in [4.78, 5) is 23.3. The largest absolute Gasteiger partial charge is 0.465 e. The van der Waals surface area contributed by atoms with Crippen LogP contribution in [0.3, 0.4) is 0 Å². The Morgan fingerprint density at radius 2 is 1.50 bits per heavy atom. The number of hydrogen-bond donors (Lipinski definition) is 0. The van der Waals surface area contributed by atoms with E-state index in [0.29, 0.717) is 17.5 Å². The summed E-state index contributed by atoms with van der Waals surface area (Å²) in [5.41, 5.74) is 2.99. The topological polar surface area (TPSA) is 43.4 Å². The summed E-state index contributed by atoms with van der Waals surface area (Å²) in [7, 11) is 1.36. The highest BCUT2D eigenvalue weighted by atomic mass is 16.5. The molecule has 3 heteroatoms. The summed E-state index contributed by atoms with van der Waals surface area (Å²) in [5.74, 6) is -0.261. The molecule has 0 N–H and O–H groups in total. The highest BCUT2D eigenvalue weighted by Gasteiger charge is 2.08. The molecule has 0 aliphatic rings. The van der Waals surface area contributed by atoms with Crippen LogP contribution in [0.1, 0.15) is 34.1 Å². The normalized spacial score (nSPS) is 10.1. The van der Waals surface area contributed by atoms with Crippen LogP contribution in [0.25, 0.3) is 11.1 Å². The molecular weight excluding hydrogens is 252 g/mol. The van der Waals surface area contributed by atoms with Gasteiger partial charge in [0.2, 0.25) is 0 Å². The Hall–Kier alpha value is -2.42. The average molecular weight is 268 g/mol. The zero-order chi connectivity index (χ0) is 14.5. The summed E-state index contributed by atoms with van der Waals surface area (Å²) >= 11 is 0. The Bertz CT molecular complexity index is 587. The molecule has 0 aromatic heterocycles. The summed E-state index contributed by atoms with van der Waals surface area (Å²) in [6.07, 6.45) is 0.478. The van der Waals surface area contributed by atoms with E-state index in [1.165, 1.54) is 7.11 Å². The van der Waals surface area contributed by atoms with E-state index in [1.54, 1.807) is 24.3 Å². The van der Waals surface area contributed by atoms with Crippen LogP contribution in [0, 0.1) is 0 Å². The maximum absolute atomic E-state index is 11.7. The molecule has 2 aromatic rings. The smallest absolute Gasteiger partial charge is 0.337 e. The van der Waals surface area contributed by atoms with Crippen LogP contribution >= 0.6 is 0 Å². The third-order valence-electron chi connectivity index (χ3n) is 3.12. The molecule has 0 amide bonds. The number of esters is 1. The number of ether oxygens (including phenoxy) is 1. The molecule has 0 heterocycles. The van der Waals surface area contributed by atoms with Gasteiger partial charge in [-0.25, -0.2) is 4.79 Å². The standard InChI is InChI=1S/C17H16O3/c1-3-16(18)14-8-4-6-12(10-14)13-7-5-9-15(11-13)17(19)20-2/h4-11H,3H2,1-2H3. The van der Waals surface area contributed by atoms with Crippen LogP contribution in [-0.2, 0) is 4.74 Å². The fraction of sp³-hybridized carbons (Fsp3) is 0.176. The Kier molecular flexibility index (Phi) is 4.31. The van der Waals surface area contributed by atoms with Gasteiger partial charge in [0.15, 0.2) is 5.78 Å². The molecule has 0 fully saturated rings. The third kappa shape index (κ3) is 2.94. The van der Waals surface area contributed by atoms with Crippen molar-refractivity contribution >= 4 is 11.8 Å². The van der Waals surface area contributed by atoms with Crippen LogP contribution in [0.5, 0.6) is 0 Å². The van der Waals surface area contributed by atoms with Crippen molar-refractivity contribution in [2.24, 2.45) is 0 Å². The number of benzene rings is 2. The number of ketones is 1. The van der Waals surface area contributed by atoms with Gasteiger partial charge < -0.3 is 4.74 Å². The van der Waals surface area contributed by atoms with Gasteiger partial charge in [-0.3, -0.25) is 4.79 Å². The molecule has 0 radical (unpaired) electrons. The number of Topliss-reactive ketones (excluding diaryl/α,β-unsaturated/α-hetero) is 1. The zero-order valence-corrected chi connectivity index (χ0v) is 11.6. The van der Waals surface area contributed by atoms with Gasteiger partial charge in [0.05, 0.1) is 12.7 Å². The Labute approximate surface area is 118 Å². The zero-order valence-electron chi connectivity index (χ0n) is 11.6. The van der Waals surface area contributed by atoms with E-state index < -0.39 is 0 Å². The second-order valence-corrected chi connectivity index (χ2v) is 4.43. The van der Waals surface area contributed by atoms with E-state index in [0.717, 1.165) is 11.1 Å². The van der Waals surface area contributed by atoms with Crippen LogP contribution < -0.4 is 0 Å². The van der Waals surface area contributed by atoms with Gasteiger partial charge in [-0.1, -0.05) is 37.3 Å². The molecule has 20 heavy (non-hydrogen) atoms. The molecule has 102 valence electrons. The minimum atomic E-state index is -0.368. The first-order chi connectivity index (χ1) is 9.65. The van der Waals surface area contributed by atoms with Crippen LogP contribution in [-0.4, -0.2) is 18.9 Å². The monoisotopic (exact) mass is 268 g/mol. The lowest BCUT2D eigenvalue weighted by molar-refractivity contribution is 0.0600. The Balaban J connectivity index is 2.41. The van der Waals surface area contributed by atoms with Crippen molar-refractivity contribution in [2.45, 2.75) is 13.3 Å². The quantitative estimate of drug-likeness (QED) is 0.626. The molecule has 0 bridgehead atoms. The average Bonchev–Trinajstić information content (AvgIpc) is 2.53. The van der Waals surface area contributed by atoms with Crippen LogP contribution in [0.15, 0.2) is 48.5 Å². The number of carbonyl (C=O) groups is 2. The van der Waals surface area contributed by atoms with E-state index in [9.17, 15) is 9.59 Å². The molecule has 2 aromatic carbocycles. The molecule has 0 saturated carbocycles. The summed E-state index contributed by atoms with van der Waals surface area (Å²) in [6, 6.07) is 14.6. The first-order valence-corrected chi connectivity index (χ1v) is 6.47. The first-order valence-electron chi connectivity index (χ1n) is 6.47. The van der Waals surface area contributed by atoms with Crippen molar-refractivity contribution in [2.75, 3.05) is 7.11 Å². The maximum Gasteiger partial charge on any atom is 0.337 e. The van der Waals surface area contributed by atoms with Crippen molar-refractivity contribution in [3.8, 4) is 11.1 Å². The minimum Gasteiger partial charge on any atom is -0.465 e. The van der Waals surface area contributed by atoms with Crippen LogP contribution in [0.4, 0.5) is 0 Å². The summed E-state index contributed by atoms with van der Waals surface area (Å²) < 4.78 is 4.71. The van der Waals surface area contributed by atoms with E-state index in [-0.39, 0.29) is 11.8 Å². The number of rotatable bonds is 4. The lowest BCUT2D eigenvalue weighted by Crippen LogP contribution is -2.01. The van der Waals surface area contributed by atoms with Crippen molar-refractivity contribution < 1.29 is 14.3 Å². The van der Waals surface area contributed by atoms with Gasteiger partial charge in [0, 0.05) is 12.0 Å². The molecule has 0 saturated heterocycles. The lowest BCUT2D eigenvalue weighted by atomic mass is 9.99. The van der Waals surface area contributed by atoms with Crippen molar-refractivity contribution in [3.05, 3.63) is 59.7 Å². The fourth-order valence-corrected chi connectivity index (χ4v) is 2.02. The molecule has 0 spiro atoms. The fourth-order valence-electron chi connectivity index (χ4n) is 2.02. The highest BCUT2D eigenvalue weighted by molar-refractivity contribution is 5.97. The lowest BCUT2D eigenvalue weighted by Gasteiger charge is -2.06. The SMILES string of the molecule is CCC(=O)c1cccc(-c2cccc(C(=O)OC)c2)c1. The Morgan fingerprint density at radius 1 is 0.950 bits per heavy atom. The van der Waals surface area contributed by atoms with Crippen molar-refractivity contribution in [3.63, 3.8) is 0 Å². The molecule has 0 unspecified atom stereocenters. The number of hydrogen-bond acceptors (Lipinski definition) is 3. The number of carbonyl (C=O) groups excluding carboxylic acids is 2. The van der Waals surface area contributed by atoms with Crippen molar-refractivity contribution in [1.29, 1.82) is 0 Å². The predicted octanol–water partition coefficient (Wildman–Crippen LogP) is 3.73. The molecule has 3 nitrogen and oxygen atoms in total. The van der Waals surface area contributed by atoms with Crippen LogP contribution in [0.2, 0.25) is 0 Å². The van der Waals surface area contributed by atoms with E-state index in [2.05, 4.69) is 0 Å². The summed E-state index contributed by atoms with van der Waals surface area (Å²) in [6.45, 7) is 1.84. The van der Waals surface area contributed by atoms with Crippen molar-refractivity contribution in [1.82, 2.24) is 0 Å². The van der Waals surface area contributed by atoms with Gasteiger partial charge >= 0.3 is 5.97 Å². The van der Waals surface area contributed by atoms with E-state index in [1.807, 2.05) is 31.2 Å². The van der Waals surface area contributed by atoms with Gasteiger partial charge in [0.1, 0.15) is 0 Å². The third-order valence-corrected chi connectivity index (χ3v) is 3.12. The second kappa shape index (κ2) is 6.15. The predicted molar refractivity (Wildman–Crippen MR) is 77.8 cm³/mol. The molecular formula is C17H16O3. The molecule has 2 rings (SSSR count).